The van der Waals surface area contributed by atoms with Crippen LogP contribution in [0.5, 0.6) is 5.88 Å². The van der Waals surface area contributed by atoms with Crippen LogP contribution in [0.3, 0.4) is 0 Å². The minimum Gasteiger partial charge on any atom is -0.480 e. The Balaban J connectivity index is 2.14. The van der Waals surface area contributed by atoms with Crippen molar-refractivity contribution in [2.24, 2.45) is 5.73 Å². The number of primary amides is 1. The van der Waals surface area contributed by atoms with Gasteiger partial charge in [0.2, 0.25) is 5.88 Å². The number of hydrogen-bond donors (Lipinski definition) is 2. The molecule has 3 N–H and O–H groups in total. The van der Waals surface area contributed by atoms with Crippen LogP contribution in [0.1, 0.15) is 15.9 Å². The smallest absolute Gasteiger partial charge is 0.300 e. The number of benzene rings is 1. The molecule has 2 amide bonds. The number of nitrogens with two attached hydrogens (primary N) is 1. The van der Waals surface area contributed by atoms with Crippen molar-refractivity contribution in [3.8, 4) is 17.7 Å². The molecule has 2 rings (SSSR count). The normalized spacial score (nSPS) is 9.32. The molecule has 0 aliphatic heterocycles. The Kier molecular flexibility index (Phi) is 4.73. The van der Waals surface area contributed by atoms with Gasteiger partial charge in [-0.2, -0.15) is 0 Å². The maximum Gasteiger partial charge on any atom is 0.300 e. The summed E-state index contributed by atoms with van der Waals surface area (Å²) in [4.78, 5) is 27.0. The van der Waals surface area contributed by atoms with E-state index >= 15 is 0 Å². The molecular weight excluding hydrogens is 282 g/mol. The molecule has 0 atom stereocenters. The van der Waals surface area contributed by atoms with Crippen molar-refractivity contribution in [3.63, 3.8) is 0 Å². The highest BCUT2D eigenvalue weighted by Gasteiger charge is 2.12. The number of aromatic nitrogens is 1. The second-order valence-electron chi connectivity index (χ2n) is 4.22. The highest BCUT2D eigenvalue weighted by atomic mass is 16.5. The van der Waals surface area contributed by atoms with Crippen LogP contribution >= 0.6 is 0 Å². The van der Waals surface area contributed by atoms with Gasteiger partial charge in [-0.1, -0.05) is 24.1 Å². The SMILES string of the molecule is COc1ncc(NC(=O)C#Cc2ccccc2)cc1C(N)=O. The van der Waals surface area contributed by atoms with Crippen molar-refractivity contribution in [1.29, 1.82) is 0 Å². The van der Waals surface area contributed by atoms with E-state index in [0.717, 1.165) is 5.56 Å². The molecule has 0 saturated carbocycles. The Morgan fingerprint density at radius 1 is 1.27 bits per heavy atom. The number of amides is 2. The first-order valence-corrected chi connectivity index (χ1v) is 6.32. The molecule has 0 bridgehead atoms. The number of carbonyl (C=O) groups excluding carboxylic acids is 2. The van der Waals surface area contributed by atoms with Gasteiger partial charge in [-0.3, -0.25) is 9.59 Å². The summed E-state index contributed by atoms with van der Waals surface area (Å²) in [5, 5.41) is 2.52. The zero-order valence-corrected chi connectivity index (χ0v) is 11.8. The summed E-state index contributed by atoms with van der Waals surface area (Å²) < 4.78 is 4.92. The average molecular weight is 295 g/mol. The molecule has 0 spiro atoms. The third-order valence-corrected chi connectivity index (χ3v) is 2.66. The van der Waals surface area contributed by atoms with Crippen molar-refractivity contribution in [2.75, 3.05) is 12.4 Å². The summed E-state index contributed by atoms with van der Waals surface area (Å²) in [6.07, 6.45) is 1.35. The van der Waals surface area contributed by atoms with Gasteiger partial charge >= 0.3 is 5.91 Å². The lowest BCUT2D eigenvalue weighted by molar-refractivity contribution is -0.111. The quantitative estimate of drug-likeness (QED) is 0.831. The van der Waals surface area contributed by atoms with Crippen molar-refractivity contribution < 1.29 is 14.3 Å². The van der Waals surface area contributed by atoms with E-state index in [-0.39, 0.29) is 11.4 Å². The van der Waals surface area contributed by atoms with Gasteiger partial charge in [-0.15, -0.1) is 0 Å². The third kappa shape index (κ3) is 3.84. The maximum atomic E-state index is 11.8. The number of nitrogens with one attached hydrogen (secondary N) is 1. The molecule has 6 nitrogen and oxygen atoms in total. The first-order chi connectivity index (χ1) is 10.6. The van der Waals surface area contributed by atoms with Gasteiger partial charge in [0.25, 0.3) is 5.91 Å². The van der Waals surface area contributed by atoms with Gasteiger partial charge in [-0.25, -0.2) is 4.98 Å². The first-order valence-electron chi connectivity index (χ1n) is 6.32. The topological polar surface area (TPSA) is 94.3 Å². The van der Waals surface area contributed by atoms with Crippen LogP contribution in [-0.4, -0.2) is 23.9 Å². The zero-order chi connectivity index (χ0) is 15.9. The average Bonchev–Trinajstić information content (AvgIpc) is 2.54. The lowest BCUT2D eigenvalue weighted by Crippen LogP contribution is -2.15. The van der Waals surface area contributed by atoms with E-state index in [0.29, 0.717) is 5.69 Å². The Morgan fingerprint density at radius 2 is 2.00 bits per heavy atom. The van der Waals surface area contributed by atoms with Crippen LogP contribution in [0.25, 0.3) is 0 Å². The maximum absolute atomic E-state index is 11.8. The van der Waals surface area contributed by atoms with Gasteiger partial charge in [0.05, 0.1) is 19.0 Å². The molecule has 1 heterocycles. The number of nitrogens with zero attached hydrogens (tertiary/aromatic N) is 1. The molecule has 0 radical (unpaired) electrons. The molecule has 0 aliphatic rings. The van der Waals surface area contributed by atoms with Crippen LogP contribution in [0, 0.1) is 11.8 Å². The fraction of sp³-hybridized carbons (Fsp3) is 0.0625. The lowest BCUT2D eigenvalue weighted by atomic mass is 10.2. The number of methoxy groups -OCH3 is 1. The Bertz CT molecular complexity index is 761. The second-order valence-corrected chi connectivity index (χ2v) is 4.22. The molecule has 0 fully saturated rings. The van der Waals surface area contributed by atoms with E-state index in [4.69, 9.17) is 10.5 Å². The fourth-order valence-corrected chi connectivity index (χ4v) is 1.67. The Hall–Kier alpha value is -3.33. The van der Waals surface area contributed by atoms with Crippen molar-refractivity contribution >= 4 is 17.5 Å². The van der Waals surface area contributed by atoms with Crippen molar-refractivity contribution in [3.05, 3.63) is 53.7 Å². The van der Waals surface area contributed by atoms with Crippen molar-refractivity contribution in [2.45, 2.75) is 0 Å². The molecule has 6 heteroatoms. The van der Waals surface area contributed by atoms with E-state index in [2.05, 4.69) is 22.1 Å². The number of anilines is 1. The second kappa shape index (κ2) is 6.90. The summed E-state index contributed by atoms with van der Waals surface area (Å²) in [7, 11) is 1.37. The third-order valence-electron chi connectivity index (χ3n) is 2.66. The number of pyridine rings is 1. The van der Waals surface area contributed by atoms with Gasteiger partial charge in [0, 0.05) is 11.5 Å². The number of carbonyl (C=O) groups is 2. The first kappa shape index (κ1) is 15.1. The lowest BCUT2D eigenvalue weighted by Gasteiger charge is -2.06. The van der Waals surface area contributed by atoms with Gasteiger partial charge < -0.3 is 15.8 Å². The van der Waals surface area contributed by atoms with Crippen LogP contribution in [0.15, 0.2) is 42.6 Å². The molecule has 1 aromatic heterocycles. The van der Waals surface area contributed by atoms with Gasteiger partial charge in [0.15, 0.2) is 0 Å². The summed E-state index contributed by atoms with van der Waals surface area (Å²) in [5.74, 6) is 4.05. The van der Waals surface area contributed by atoms with Gasteiger partial charge in [0.1, 0.15) is 5.56 Å². The summed E-state index contributed by atoms with van der Waals surface area (Å²) in [5.41, 5.74) is 6.34. The molecule has 0 aliphatic carbocycles. The van der Waals surface area contributed by atoms with Crippen LogP contribution < -0.4 is 15.8 Å². The molecule has 22 heavy (non-hydrogen) atoms. The predicted octanol–water partition coefficient (Wildman–Crippen LogP) is 1.18. The molecule has 0 unspecified atom stereocenters. The Labute approximate surface area is 127 Å². The summed E-state index contributed by atoms with van der Waals surface area (Å²) in [6.45, 7) is 0. The molecule has 110 valence electrons. The van der Waals surface area contributed by atoms with E-state index < -0.39 is 11.8 Å². The highest BCUT2D eigenvalue weighted by Crippen LogP contribution is 2.18. The molecule has 1 aromatic carbocycles. The minimum atomic E-state index is -0.698. The zero-order valence-electron chi connectivity index (χ0n) is 11.8. The number of ether oxygens (including phenoxy) is 1. The minimum absolute atomic E-state index is 0.0799. The largest absolute Gasteiger partial charge is 0.480 e. The molecular formula is C16H13N3O3. The summed E-state index contributed by atoms with van der Waals surface area (Å²) >= 11 is 0. The monoisotopic (exact) mass is 295 g/mol. The summed E-state index contributed by atoms with van der Waals surface area (Å²) in [6, 6.07) is 10.5. The Morgan fingerprint density at radius 3 is 2.64 bits per heavy atom. The predicted molar refractivity (Wildman–Crippen MR) is 81.3 cm³/mol. The van der Waals surface area contributed by atoms with Crippen LogP contribution in [-0.2, 0) is 4.79 Å². The van der Waals surface area contributed by atoms with E-state index in [1.165, 1.54) is 19.4 Å². The van der Waals surface area contributed by atoms with Crippen molar-refractivity contribution in [1.82, 2.24) is 4.98 Å². The number of hydrogen-bond acceptors (Lipinski definition) is 4. The standard InChI is InChI=1S/C16H13N3O3/c1-22-16-13(15(17)21)9-12(10-18-16)19-14(20)8-7-11-5-3-2-4-6-11/h2-6,9-10H,1H3,(H2,17,21)(H,19,20). The van der Waals surface area contributed by atoms with E-state index in [9.17, 15) is 9.59 Å². The van der Waals surface area contributed by atoms with E-state index in [1.54, 1.807) is 12.1 Å². The highest BCUT2D eigenvalue weighted by molar-refractivity contribution is 6.05. The van der Waals surface area contributed by atoms with Gasteiger partial charge in [-0.05, 0) is 18.2 Å². The van der Waals surface area contributed by atoms with Crippen LogP contribution in [0.2, 0.25) is 0 Å². The van der Waals surface area contributed by atoms with Crippen LogP contribution in [0.4, 0.5) is 5.69 Å². The number of rotatable bonds is 3. The molecule has 2 aromatic rings. The fourth-order valence-electron chi connectivity index (χ4n) is 1.67. The van der Waals surface area contributed by atoms with E-state index in [1.807, 2.05) is 18.2 Å². The molecule has 0 saturated heterocycles.